The van der Waals surface area contributed by atoms with Gasteiger partial charge in [-0.05, 0) is 35.6 Å². The van der Waals surface area contributed by atoms with Gasteiger partial charge >= 0.3 is 0 Å². The molecule has 4 aliphatic rings. The first-order valence-electron chi connectivity index (χ1n) is 14.4. The summed E-state index contributed by atoms with van der Waals surface area (Å²) >= 11 is 1.62. The number of hydrogen-bond donors (Lipinski definition) is 3. The first-order valence-corrected chi connectivity index (χ1v) is 15.3. The Balaban J connectivity index is 1.26. The maximum absolute atomic E-state index is 14.0. The third-order valence-electron chi connectivity index (χ3n) is 8.58. The molecule has 1 aromatic carbocycles. The van der Waals surface area contributed by atoms with E-state index in [9.17, 15) is 28.6 Å². The second-order valence-electron chi connectivity index (χ2n) is 11.6. The van der Waals surface area contributed by atoms with E-state index in [1.807, 2.05) is 27.3 Å². The third kappa shape index (κ3) is 6.52. The van der Waals surface area contributed by atoms with Crippen molar-refractivity contribution in [3.63, 3.8) is 0 Å². The lowest BCUT2D eigenvalue weighted by molar-refractivity contribution is -0.145. The van der Waals surface area contributed by atoms with Crippen LogP contribution >= 0.6 is 11.3 Å². The zero-order valence-electron chi connectivity index (χ0n) is 23.1. The number of aliphatic hydroxyl groups excluding tert-OH is 2. The summed E-state index contributed by atoms with van der Waals surface area (Å²) in [5, 5.41) is 26.6. The second-order valence-corrected chi connectivity index (χ2v) is 12.7. The van der Waals surface area contributed by atoms with Gasteiger partial charge in [-0.3, -0.25) is 19.4 Å². The lowest BCUT2D eigenvalue weighted by Crippen LogP contribution is -2.54. The quantitative estimate of drug-likeness (QED) is 0.467. The van der Waals surface area contributed by atoms with Crippen molar-refractivity contribution in [3.05, 3.63) is 57.8 Å². The Labute approximate surface area is 246 Å². The van der Waals surface area contributed by atoms with E-state index in [1.54, 1.807) is 11.3 Å². The Hall–Kier alpha value is -2.52. The lowest BCUT2D eigenvalue weighted by atomic mass is 10.0. The highest BCUT2D eigenvalue weighted by Crippen LogP contribution is 2.28. The fourth-order valence-corrected chi connectivity index (χ4v) is 7.27. The SMILES string of the molecule is O=C1C[C@@H]2O[C@H](CN(Cc3ccc(F)c(F)c3)C[C@@H]3CN(CCO3)C(=O)[C@@H]3C[C@@H](CN3Cc3cccs3)N1)[C@@H](O)[C@H]2O. The van der Waals surface area contributed by atoms with Crippen LogP contribution in [0.4, 0.5) is 8.78 Å². The fraction of sp³-hybridized carbons (Fsp3) is 0.586. The number of nitrogens with one attached hydrogen (secondary N) is 1. The van der Waals surface area contributed by atoms with E-state index < -0.39 is 42.1 Å². The molecule has 4 aliphatic heterocycles. The third-order valence-corrected chi connectivity index (χ3v) is 9.44. The van der Waals surface area contributed by atoms with E-state index in [4.69, 9.17) is 9.47 Å². The summed E-state index contributed by atoms with van der Waals surface area (Å²) in [6.07, 6.45) is -4.30. The number of morpholine rings is 1. The predicted octanol–water partition coefficient (Wildman–Crippen LogP) is 0.708. The number of carbonyl (C=O) groups is 2. The van der Waals surface area contributed by atoms with E-state index >= 15 is 0 Å². The first kappa shape index (κ1) is 29.5. The van der Waals surface area contributed by atoms with Crippen LogP contribution in [0.2, 0.25) is 0 Å². The summed E-state index contributed by atoms with van der Waals surface area (Å²) in [5.74, 6) is -2.24. The second kappa shape index (κ2) is 12.6. The van der Waals surface area contributed by atoms with Gasteiger partial charge in [-0.15, -0.1) is 11.3 Å². The summed E-state index contributed by atoms with van der Waals surface area (Å²) in [6, 6.07) is 7.01. The van der Waals surface area contributed by atoms with E-state index in [2.05, 4.69) is 10.2 Å². The zero-order chi connectivity index (χ0) is 29.4. The molecule has 2 amide bonds. The molecule has 0 aliphatic carbocycles. The average Bonchev–Trinajstić information content (AvgIpc) is 3.68. The van der Waals surface area contributed by atoms with Crippen LogP contribution in [0.5, 0.6) is 0 Å². The van der Waals surface area contributed by atoms with Gasteiger partial charge in [-0.25, -0.2) is 8.78 Å². The predicted molar refractivity (Wildman–Crippen MR) is 148 cm³/mol. The molecule has 6 rings (SSSR count). The number of fused-ring (bicyclic) bond motifs is 6. The molecule has 0 radical (unpaired) electrons. The minimum atomic E-state index is -1.27. The molecular formula is C29H36F2N4O6S. The summed E-state index contributed by atoms with van der Waals surface area (Å²) in [6.45, 7) is 2.88. The molecular weight excluding hydrogens is 570 g/mol. The number of likely N-dealkylation sites (tertiary alicyclic amines) is 1. The molecule has 6 bridgehead atoms. The van der Waals surface area contributed by atoms with Gasteiger partial charge in [0.15, 0.2) is 11.6 Å². The van der Waals surface area contributed by atoms with Crippen LogP contribution in [-0.4, -0.2) is 119 Å². The van der Waals surface area contributed by atoms with Crippen molar-refractivity contribution in [2.45, 2.75) is 68.5 Å². The summed E-state index contributed by atoms with van der Waals surface area (Å²) in [5.41, 5.74) is 0.511. The highest BCUT2D eigenvalue weighted by molar-refractivity contribution is 7.09. The van der Waals surface area contributed by atoms with Crippen molar-refractivity contribution in [2.24, 2.45) is 0 Å². The van der Waals surface area contributed by atoms with Crippen LogP contribution < -0.4 is 5.32 Å². The minimum absolute atomic E-state index is 0.00916. The zero-order valence-corrected chi connectivity index (χ0v) is 23.9. The first-order chi connectivity index (χ1) is 20.2. The van der Waals surface area contributed by atoms with Crippen LogP contribution in [0.1, 0.15) is 23.3 Å². The van der Waals surface area contributed by atoms with E-state index in [0.29, 0.717) is 51.3 Å². The number of halogens is 2. The molecule has 4 fully saturated rings. The van der Waals surface area contributed by atoms with Gasteiger partial charge in [0.2, 0.25) is 11.8 Å². The number of rotatable bonds is 4. The van der Waals surface area contributed by atoms with Crippen molar-refractivity contribution in [3.8, 4) is 0 Å². The van der Waals surface area contributed by atoms with E-state index in [0.717, 1.165) is 17.0 Å². The molecule has 0 saturated carbocycles. The maximum atomic E-state index is 14.0. The van der Waals surface area contributed by atoms with Gasteiger partial charge in [0.1, 0.15) is 12.2 Å². The van der Waals surface area contributed by atoms with Gasteiger partial charge in [-0.1, -0.05) is 12.1 Å². The van der Waals surface area contributed by atoms with Gasteiger partial charge in [0, 0.05) is 56.7 Å². The summed E-state index contributed by atoms with van der Waals surface area (Å²) < 4.78 is 39.7. The number of thiophene rings is 1. The Bertz CT molecular complexity index is 1270. The van der Waals surface area contributed by atoms with Gasteiger partial charge in [0.25, 0.3) is 0 Å². The minimum Gasteiger partial charge on any atom is -0.388 e. The Kier molecular flexibility index (Phi) is 8.87. The lowest BCUT2D eigenvalue weighted by Gasteiger charge is -2.38. The molecule has 7 atom stereocenters. The van der Waals surface area contributed by atoms with Crippen LogP contribution in [0.3, 0.4) is 0 Å². The smallest absolute Gasteiger partial charge is 0.240 e. The normalized spacial score (nSPS) is 33.2. The van der Waals surface area contributed by atoms with Crippen molar-refractivity contribution < 1.29 is 38.1 Å². The number of aliphatic hydroxyl groups is 2. The molecule has 10 nitrogen and oxygen atoms in total. The highest BCUT2D eigenvalue weighted by atomic mass is 32.1. The highest BCUT2D eigenvalue weighted by Gasteiger charge is 2.46. The van der Waals surface area contributed by atoms with Crippen LogP contribution in [0.25, 0.3) is 0 Å². The Morgan fingerprint density at radius 2 is 1.83 bits per heavy atom. The molecule has 2 aromatic rings. The average molecular weight is 607 g/mol. The monoisotopic (exact) mass is 606 g/mol. The number of amides is 2. The van der Waals surface area contributed by atoms with Gasteiger partial charge in [0.05, 0.1) is 37.4 Å². The van der Waals surface area contributed by atoms with Crippen molar-refractivity contribution in [1.82, 2.24) is 20.0 Å². The van der Waals surface area contributed by atoms with Crippen LogP contribution in [-0.2, 0) is 32.2 Å². The summed E-state index contributed by atoms with van der Waals surface area (Å²) in [7, 11) is 0. The molecule has 42 heavy (non-hydrogen) atoms. The molecule has 13 heteroatoms. The Morgan fingerprint density at radius 3 is 2.62 bits per heavy atom. The molecule has 0 spiro atoms. The number of hydrogen-bond acceptors (Lipinski definition) is 9. The fourth-order valence-electron chi connectivity index (χ4n) is 6.54. The van der Waals surface area contributed by atoms with Crippen LogP contribution in [0, 0.1) is 11.6 Å². The molecule has 4 saturated heterocycles. The maximum Gasteiger partial charge on any atom is 0.240 e. The standard InChI is InChI=1S/C29H36F2N4O6S/c30-21-4-3-17(8-22(21)31)11-33-13-19-14-34(5-6-40-19)29(39)23-9-18(12-35(23)15-20-2-1-7-42-20)32-26(36)10-24-27(37)28(38)25(16-33)41-24/h1-4,7-8,18-19,23-25,27-28,37-38H,5-6,9-16H2,(H,32,36)/t18-,19+,23-,24-,25+,27-,28+/m0/s1. The Morgan fingerprint density at radius 1 is 1.00 bits per heavy atom. The topological polar surface area (TPSA) is 115 Å². The molecule has 1 aromatic heterocycles. The van der Waals surface area contributed by atoms with E-state index in [-0.39, 0.29) is 43.5 Å². The molecule has 3 N–H and O–H groups in total. The van der Waals surface area contributed by atoms with Crippen molar-refractivity contribution in [1.29, 1.82) is 0 Å². The summed E-state index contributed by atoms with van der Waals surface area (Å²) in [4.78, 5) is 33.9. The molecule has 5 heterocycles. The van der Waals surface area contributed by atoms with Gasteiger partial charge in [-0.2, -0.15) is 0 Å². The van der Waals surface area contributed by atoms with E-state index in [1.165, 1.54) is 6.07 Å². The number of ether oxygens (including phenoxy) is 2. The number of nitrogens with zero attached hydrogens (tertiary/aromatic N) is 3. The molecule has 228 valence electrons. The molecule has 0 unspecified atom stereocenters. The van der Waals surface area contributed by atoms with Gasteiger partial charge < -0.3 is 29.9 Å². The number of carbonyl (C=O) groups excluding carboxylic acids is 2. The van der Waals surface area contributed by atoms with Crippen LogP contribution in [0.15, 0.2) is 35.7 Å². The largest absolute Gasteiger partial charge is 0.388 e. The van der Waals surface area contributed by atoms with Crippen molar-refractivity contribution in [2.75, 3.05) is 39.3 Å². The number of benzene rings is 1. The van der Waals surface area contributed by atoms with Crippen molar-refractivity contribution >= 4 is 23.2 Å².